The van der Waals surface area contributed by atoms with E-state index in [1.165, 1.54) is 16.8 Å². The maximum atomic E-state index is 13.1. The Morgan fingerprint density at radius 3 is 2.58 bits per heavy atom. The summed E-state index contributed by atoms with van der Waals surface area (Å²) in [7, 11) is 2.13. The van der Waals surface area contributed by atoms with Gasteiger partial charge in [0.1, 0.15) is 6.54 Å². The first-order valence-corrected chi connectivity index (χ1v) is 12.6. The van der Waals surface area contributed by atoms with Crippen LogP contribution in [0.4, 0.5) is 11.4 Å². The third kappa shape index (κ3) is 4.46. The third-order valence-electron chi connectivity index (χ3n) is 7.15. The Labute approximate surface area is 218 Å². The summed E-state index contributed by atoms with van der Waals surface area (Å²) in [4.78, 5) is 22.0. The van der Waals surface area contributed by atoms with E-state index in [0.717, 1.165) is 16.9 Å². The molecular formula is C29H31N5OS. The van der Waals surface area contributed by atoms with Crippen molar-refractivity contribution in [3.63, 3.8) is 0 Å². The molecule has 7 heteroatoms. The summed E-state index contributed by atoms with van der Waals surface area (Å²) in [6.45, 7) is 6.73. The number of carbonyl (C=O) groups excluding carboxylic acids is 1. The number of fused-ring (bicyclic) bond motifs is 1. The van der Waals surface area contributed by atoms with Gasteiger partial charge in [0, 0.05) is 30.2 Å². The van der Waals surface area contributed by atoms with E-state index in [1.54, 1.807) is 6.20 Å². The Bertz CT molecular complexity index is 1320. The van der Waals surface area contributed by atoms with Gasteiger partial charge in [0.25, 0.3) is 0 Å². The van der Waals surface area contributed by atoms with Crippen molar-refractivity contribution in [3.8, 4) is 0 Å². The number of carbonyl (C=O) groups is 1. The number of benzene rings is 2. The zero-order valence-electron chi connectivity index (χ0n) is 21.0. The van der Waals surface area contributed by atoms with Gasteiger partial charge in [-0.15, -0.1) is 0 Å². The number of rotatable bonds is 5. The standard InChI is InChI=1S/C29H31N5OS/c1-19-17-29(2,3)33(4)24-14-13-20(16-22(19)24)27-26(23-12-8-9-15-30-23)32-28(36)34(27)18-25(35)31-21-10-6-5-7-11-21/h5-17,26-27H,18H2,1-4H3,(H,31,35)(H,32,36)/t26-,27+/m0/s1. The molecule has 2 aliphatic heterocycles. The van der Waals surface area contributed by atoms with Crippen LogP contribution in [0.1, 0.15) is 49.7 Å². The average Bonchev–Trinajstić information content (AvgIpc) is 3.19. The molecule has 2 N–H and O–H groups in total. The second kappa shape index (κ2) is 9.39. The van der Waals surface area contributed by atoms with Crippen LogP contribution in [0.25, 0.3) is 5.57 Å². The molecule has 0 spiro atoms. The van der Waals surface area contributed by atoms with Gasteiger partial charge in [-0.1, -0.05) is 36.4 Å². The fourth-order valence-electron chi connectivity index (χ4n) is 5.18. The molecule has 184 valence electrons. The molecule has 2 aliphatic rings. The molecule has 1 fully saturated rings. The van der Waals surface area contributed by atoms with E-state index in [9.17, 15) is 4.79 Å². The summed E-state index contributed by atoms with van der Waals surface area (Å²) in [5.41, 5.74) is 6.31. The third-order valence-corrected chi connectivity index (χ3v) is 7.50. The van der Waals surface area contributed by atoms with Crippen molar-refractivity contribution in [2.45, 2.75) is 38.4 Å². The number of nitrogens with zero attached hydrogens (tertiary/aromatic N) is 3. The van der Waals surface area contributed by atoms with Gasteiger partial charge in [0.05, 0.1) is 23.3 Å². The molecule has 3 aromatic rings. The lowest BCUT2D eigenvalue weighted by Crippen LogP contribution is -2.42. The van der Waals surface area contributed by atoms with E-state index in [1.807, 2.05) is 53.4 Å². The first-order valence-electron chi connectivity index (χ1n) is 12.2. The molecule has 0 aliphatic carbocycles. The lowest BCUT2D eigenvalue weighted by Gasteiger charge is -2.41. The molecule has 3 heterocycles. The van der Waals surface area contributed by atoms with Crippen LogP contribution in [0, 0.1) is 0 Å². The van der Waals surface area contributed by atoms with Gasteiger partial charge in [0.2, 0.25) is 5.91 Å². The minimum Gasteiger partial charge on any atom is -0.366 e. The smallest absolute Gasteiger partial charge is 0.244 e. The van der Waals surface area contributed by atoms with Crippen LogP contribution < -0.4 is 15.5 Å². The predicted octanol–water partition coefficient (Wildman–Crippen LogP) is 5.32. The van der Waals surface area contributed by atoms with E-state index in [4.69, 9.17) is 12.2 Å². The van der Waals surface area contributed by atoms with Crippen molar-refractivity contribution in [2.75, 3.05) is 23.8 Å². The maximum absolute atomic E-state index is 13.1. The predicted molar refractivity (Wildman–Crippen MR) is 150 cm³/mol. The van der Waals surface area contributed by atoms with Crippen molar-refractivity contribution < 1.29 is 4.79 Å². The Morgan fingerprint density at radius 2 is 1.86 bits per heavy atom. The highest BCUT2D eigenvalue weighted by Gasteiger charge is 2.41. The van der Waals surface area contributed by atoms with Crippen molar-refractivity contribution >= 4 is 40.2 Å². The highest BCUT2D eigenvalue weighted by Crippen LogP contribution is 2.43. The van der Waals surface area contributed by atoms with Gasteiger partial charge in [-0.2, -0.15) is 0 Å². The van der Waals surface area contributed by atoms with E-state index in [-0.39, 0.29) is 30.1 Å². The summed E-state index contributed by atoms with van der Waals surface area (Å²) in [6.07, 6.45) is 4.09. The van der Waals surface area contributed by atoms with Crippen LogP contribution in [0.3, 0.4) is 0 Å². The second-order valence-electron chi connectivity index (χ2n) is 9.99. The fourth-order valence-corrected chi connectivity index (χ4v) is 5.48. The van der Waals surface area contributed by atoms with Crippen molar-refractivity contribution in [1.29, 1.82) is 0 Å². The molecule has 5 rings (SSSR count). The Kier molecular flexibility index (Phi) is 6.26. The lowest BCUT2D eigenvalue weighted by molar-refractivity contribution is -0.116. The molecular weight excluding hydrogens is 466 g/mol. The molecule has 6 nitrogen and oxygen atoms in total. The Balaban J connectivity index is 1.52. The van der Waals surface area contributed by atoms with Gasteiger partial charge >= 0.3 is 0 Å². The first kappa shape index (κ1) is 24.0. The van der Waals surface area contributed by atoms with E-state index in [2.05, 4.69) is 72.6 Å². The van der Waals surface area contributed by atoms with Crippen LogP contribution in [-0.4, -0.2) is 40.0 Å². The van der Waals surface area contributed by atoms with E-state index in [0.29, 0.717) is 5.11 Å². The number of para-hydroxylation sites is 1. The highest BCUT2D eigenvalue weighted by atomic mass is 32.1. The Hall–Kier alpha value is -3.71. The largest absolute Gasteiger partial charge is 0.366 e. The number of hydrogen-bond acceptors (Lipinski definition) is 4. The van der Waals surface area contributed by atoms with Gasteiger partial charge in [-0.05, 0) is 80.5 Å². The topological polar surface area (TPSA) is 60.5 Å². The molecule has 1 saturated heterocycles. The zero-order chi connectivity index (χ0) is 25.4. The van der Waals surface area contributed by atoms with E-state index >= 15 is 0 Å². The Morgan fingerprint density at radius 1 is 1.11 bits per heavy atom. The normalized spacial score (nSPS) is 20.4. The number of aromatic nitrogens is 1. The fraction of sp³-hybridized carbons (Fsp3) is 0.276. The van der Waals surface area contributed by atoms with Crippen LogP contribution in [0.15, 0.2) is 79.0 Å². The molecule has 1 amide bonds. The summed E-state index contributed by atoms with van der Waals surface area (Å²) in [5, 5.41) is 6.97. The molecule has 0 radical (unpaired) electrons. The summed E-state index contributed by atoms with van der Waals surface area (Å²) in [6, 6.07) is 21.6. The van der Waals surface area contributed by atoms with Crippen molar-refractivity contribution in [3.05, 3.63) is 95.8 Å². The number of amides is 1. The summed E-state index contributed by atoms with van der Waals surface area (Å²) >= 11 is 5.76. The average molecular weight is 498 g/mol. The number of likely N-dealkylation sites (N-methyl/N-ethyl adjacent to an activating group) is 1. The van der Waals surface area contributed by atoms with Crippen LogP contribution in [0.2, 0.25) is 0 Å². The SMILES string of the molecule is CC1=CC(C)(C)N(C)c2ccc([C@@H]3[C@H](c4ccccn4)NC(=S)N3CC(=O)Nc3ccccc3)cc21. The van der Waals surface area contributed by atoms with Gasteiger partial charge in [-0.3, -0.25) is 9.78 Å². The first-order chi connectivity index (χ1) is 17.2. The maximum Gasteiger partial charge on any atom is 0.244 e. The highest BCUT2D eigenvalue weighted by molar-refractivity contribution is 7.80. The summed E-state index contributed by atoms with van der Waals surface area (Å²) < 4.78 is 0. The van der Waals surface area contributed by atoms with Gasteiger partial charge < -0.3 is 20.4 Å². The molecule has 0 bridgehead atoms. The molecule has 0 saturated carbocycles. The number of thiocarbonyl (C=S) groups is 1. The van der Waals surface area contributed by atoms with Gasteiger partial charge in [0.15, 0.2) is 5.11 Å². The molecule has 0 unspecified atom stereocenters. The second-order valence-corrected chi connectivity index (χ2v) is 10.4. The minimum absolute atomic E-state index is 0.0624. The molecule has 2 atom stereocenters. The quantitative estimate of drug-likeness (QED) is 0.465. The van der Waals surface area contributed by atoms with Crippen LogP contribution in [0.5, 0.6) is 0 Å². The minimum atomic E-state index is -0.188. The zero-order valence-corrected chi connectivity index (χ0v) is 21.8. The van der Waals surface area contributed by atoms with Crippen LogP contribution in [-0.2, 0) is 4.79 Å². The molecule has 36 heavy (non-hydrogen) atoms. The lowest BCUT2D eigenvalue weighted by atomic mass is 9.86. The number of pyridine rings is 1. The summed E-state index contributed by atoms with van der Waals surface area (Å²) in [5.74, 6) is -0.118. The van der Waals surface area contributed by atoms with Crippen molar-refractivity contribution in [1.82, 2.24) is 15.2 Å². The van der Waals surface area contributed by atoms with E-state index < -0.39 is 0 Å². The number of anilines is 2. The monoisotopic (exact) mass is 497 g/mol. The van der Waals surface area contributed by atoms with Crippen molar-refractivity contribution in [2.24, 2.45) is 0 Å². The molecule has 1 aromatic heterocycles. The number of nitrogens with one attached hydrogen (secondary N) is 2. The molecule has 2 aromatic carbocycles. The number of hydrogen-bond donors (Lipinski definition) is 2. The van der Waals surface area contributed by atoms with Crippen LogP contribution >= 0.6 is 12.2 Å². The number of allylic oxidation sites excluding steroid dienone is 1. The van der Waals surface area contributed by atoms with Gasteiger partial charge in [-0.25, -0.2) is 0 Å².